The van der Waals surface area contributed by atoms with E-state index in [4.69, 9.17) is 16.0 Å². The number of carbonyl (C=O) groups is 1. The molecular formula is C23H16ClN3O4S. The lowest BCUT2D eigenvalue weighted by molar-refractivity contribution is -0.384. The number of halogens is 1. The van der Waals surface area contributed by atoms with Crippen LogP contribution < -0.4 is 5.32 Å². The van der Waals surface area contributed by atoms with E-state index in [9.17, 15) is 14.9 Å². The summed E-state index contributed by atoms with van der Waals surface area (Å²) in [6.45, 7) is 0. The number of benzene rings is 3. The first-order valence-electron chi connectivity index (χ1n) is 9.49. The van der Waals surface area contributed by atoms with Gasteiger partial charge in [0.25, 0.3) is 10.9 Å². The van der Waals surface area contributed by atoms with Crippen molar-refractivity contribution in [1.82, 2.24) is 4.98 Å². The number of non-ortho nitro benzene ring substituents is 1. The van der Waals surface area contributed by atoms with Crippen molar-refractivity contribution in [2.45, 2.75) is 5.22 Å². The van der Waals surface area contributed by atoms with Gasteiger partial charge in [0.2, 0.25) is 5.91 Å². The molecule has 4 aromatic rings. The number of anilines is 1. The maximum absolute atomic E-state index is 12.4. The van der Waals surface area contributed by atoms with Crippen LogP contribution in [0, 0.1) is 10.1 Å². The van der Waals surface area contributed by atoms with Crippen molar-refractivity contribution in [3.05, 3.63) is 94.0 Å². The first-order valence-corrected chi connectivity index (χ1v) is 10.9. The Morgan fingerprint density at radius 3 is 2.34 bits per heavy atom. The molecule has 0 aliphatic heterocycles. The highest BCUT2D eigenvalue weighted by atomic mass is 35.5. The average molecular weight is 466 g/mol. The molecule has 32 heavy (non-hydrogen) atoms. The van der Waals surface area contributed by atoms with Crippen LogP contribution in [0.25, 0.3) is 22.6 Å². The quantitative estimate of drug-likeness (QED) is 0.195. The highest BCUT2D eigenvalue weighted by molar-refractivity contribution is 7.99. The number of rotatable bonds is 7. The van der Waals surface area contributed by atoms with Crippen molar-refractivity contribution < 1.29 is 14.1 Å². The fourth-order valence-electron chi connectivity index (χ4n) is 2.98. The summed E-state index contributed by atoms with van der Waals surface area (Å²) in [4.78, 5) is 27.4. The van der Waals surface area contributed by atoms with Gasteiger partial charge in [-0.1, -0.05) is 84.0 Å². The molecule has 0 aliphatic carbocycles. The summed E-state index contributed by atoms with van der Waals surface area (Å²) in [6, 6.07) is 23.1. The molecule has 0 saturated heterocycles. The maximum Gasteiger partial charge on any atom is 0.271 e. The summed E-state index contributed by atoms with van der Waals surface area (Å²) in [7, 11) is 0. The number of hydrogen-bond acceptors (Lipinski definition) is 6. The second-order valence-electron chi connectivity index (χ2n) is 6.65. The van der Waals surface area contributed by atoms with E-state index in [1.807, 2.05) is 60.7 Å². The van der Waals surface area contributed by atoms with Crippen LogP contribution in [0.4, 0.5) is 11.4 Å². The Morgan fingerprint density at radius 2 is 1.69 bits per heavy atom. The number of nitro groups is 1. The zero-order valence-corrected chi connectivity index (χ0v) is 18.1. The fourth-order valence-corrected chi connectivity index (χ4v) is 3.76. The van der Waals surface area contributed by atoms with Gasteiger partial charge in [0, 0.05) is 23.3 Å². The third kappa shape index (κ3) is 4.99. The predicted molar refractivity (Wildman–Crippen MR) is 125 cm³/mol. The molecule has 1 heterocycles. The molecule has 160 valence electrons. The summed E-state index contributed by atoms with van der Waals surface area (Å²) in [6.07, 6.45) is 0. The Bertz CT molecular complexity index is 1210. The van der Waals surface area contributed by atoms with E-state index in [1.54, 1.807) is 0 Å². The van der Waals surface area contributed by atoms with E-state index >= 15 is 0 Å². The van der Waals surface area contributed by atoms with Gasteiger partial charge in [-0.3, -0.25) is 14.9 Å². The fraction of sp³-hybridized carbons (Fsp3) is 0.0435. The highest BCUT2D eigenvalue weighted by Gasteiger charge is 2.18. The number of amides is 1. The summed E-state index contributed by atoms with van der Waals surface area (Å²) in [5.74, 6) is 0.210. The second-order valence-corrected chi connectivity index (χ2v) is 7.98. The van der Waals surface area contributed by atoms with Gasteiger partial charge in [0.15, 0.2) is 5.76 Å². The molecule has 0 fully saturated rings. The summed E-state index contributed by atoms with van der Waals surface area (Å²) in [5, 5.41) is 14.1. The second kappa shape index (κ2) is 9.67. The Kier molecular flexibility index (Phi) is 6.53. The van der Waals surface area contributed by atoms with Crippen LogP contribution in [-0.4, -0.2) is 21.6 Å². The third-order valence-corrected chi connectivity index (χ3v) is 5.61. The van der Waals surface area contributed by atoms with Gasteiger partial charge in [-0.15, -0.1) is 0 Å². The first kappa shape index (κ1) is 21.6. The number of nitro benzene ring substituents is 1. The minimum atomic E-state index is -0.552. The Labute approximate surface area is 192 Å². The van der Waals surface area contributed by atoms with Crippen molar-refractivity contribution in [1.29, 1.82) is 0 Å². The smallest absolute Gasteiger partial charge is 0.271 e. The molecule has 0 bridgehead atoms. The molecule has 0 aliphatic rings. The standard InChI is InChI=1S/C23H16ClN3O4S/c24-18-12-11-17(27(29)30)13-19(18)25-20(28)14-32-23-26-21(15-7-3-1-4-8-15)22(31-23)16-9-5-2-6-10-16/h1-13H,14H2,(H,25,28). The molecule has 1 amide bonds. The molecule has 0 atom stereocenters. The third-order valence-electron chi connectivity index (χ3n) is 4.45. The topological polar surface area (TPSA) is 98.3 Å². The minimum absolute atomic E-state index is 0.0119. The van der Waals surface area contributed by atoms with Crippen molar-refractivity contribution in [3.8, 4) is 22.6 Å². The van der Waals surface area contributed by atoms with Crippen molar-refractivity contribution in [2.24, 2.45) is 0 Å². The van der Waals surface area contributed by atoms with E-state index in [2.05, 4.69) is 10.3 Å². The SMILES string of the molecule is O=C(CSc1nc(-c2ccccc2)c(-c2ccccc2)o1)Nc1cc([N+](=O)[O-])ccc1Cl. The Balaban J connectivity index is 1.53. The van der Waals surface area contributed by atoms with Gasteiger partial charge in [-0.2, -0.15) is 0 Å². The lowest BCUT2D eigenvalue weighted by atomic mass is 10.1. The van der Waals surface area contributed by atoms with Crippen LogP contribution in [0.15, 0.2) is 88.5 Å². The van der Waals surface area contributed by atoms with E-state index in [1.165, 1.54) is 18.2 Å². The molecule has 0 spiro atoms. The Hall–Kier alpha value is -3.62. The van der Waals surface area contributed by atoms with Gasteiger partial charge >= 0.3 is 0 Å². The number of aromatic nitrogens is 1. The molecule has 3 aromatic carbocycles. The maximum atomic E-state index is 12.4. The van der Waals surface area contributed by atoms with Crippen LogP contribution in [0.5, 0.6) is 0 Å². The molecule has 4 rings (SSSR count). The molecular weight excluding hydrogens is 450 g/mol. The molecule has 0 unspecified atom stereocenters. The van der Waals surface area contributed by atoms with Crippen LogP contribution in [-0.2, 0) is 4.79 Å². The van der Waals surface area contributed by atoms with E-state index < -0.39 is 10.8 Å². The normalized spacial score (nSPS) is 10.7. The molecule has 0 saturated carbocycles. The van der Waals surface area contributed by atoms with E-state index in [0.717, 1.165) is 22.9 Å². The Morgan fingerprint density at radius 1 is 1.03 bits per heavy atom. The van der Waals surface area contributed by atoms with Crippen LogP contribution >= 0.6 is 23.4 Å². The number of nitrogens with zero attached hydrogens (tertiary/aromatic N) is 2. The van der Waals surface area contributed by atoms with Gasteiger partial charge in [-0.05, 0) is 6.07 Å². The molecule has 1 aromatic heterocycles. The van der Waals surface area contributed by atoms with Gasteiger partial charge in [0.1, 0.15) is 5.69 Å². The number of hydrogen-bond donors (Lipinski definition) is 1. The number of nitrogens with one attached hydrogen (secondary N) is 1. The highest BCUT2D eigenvalue weighted by Crippen LogP contribution is 2.35. The molecule has 0 radical (unpaired) electrons. The molecule has 9 heteroatoms. The molecule has 7 nitrogen and oxygen atoms in total. The zero-order chi connectivity index (χ0) is 22.5. The van der Waals surface area contributed by atoms with Crippen molar-refractivity contribution in [3.63, 3.8) is 0 Å². The van der Waals surface area contributed by atoms with E-state index in [-0.39, 0.29) is 22.2 Å². The number of carbonyl (C=O) groups excluding carboxylic acids is 1. The number of oxazole rings is 1. The lowest BCUT2D eigenvalue weighted by Crippen LogP contribution is -2.14. The van der Waals surface area contributed by atoms with Gasteiger partial charge in [0.05, 0.1) is 21.4 Å². The lowest BCUT2D eigenvalue weighted by Gasteiger charge is -2.06. The van der Waals surface area contributed by atoms with Crippen LogP contribution in [0.1, 0.15) is 0 Å². The van der Waals surface area contributed by atoms with Crippen molar-refractivity contribution >= 4 is 40.6 Å². The predicted octanol–water partition coefficient (Wildman–Crippen LogP) is 6.30. The number of thioether (sulfide) groups is 1. The largest absolute Gasteiger partial charge is 0.431 e. The monoisotopic (exact) mass is 465 g/mol. The summed E-state index contributed by atoms with van der Waals surface area (Å²) < 4.78 is 5.99. The van der Waals surface area contributed by atoms with Gasteiger partial charge < -0.3 is 9.73 Å². The zero-order valence-electron chi connectivity index (χ0n) is 16.5. The van der Waals surface area contributed by atoms with Crippen LogP contribution in [0.2, 0.25) is 5.02 Å². The van der Waals surface area contributed by atoms with Crippen LogP contribution in [0.3, 0.4) is 0 Å². The van der Waals surface area contributed by atoms with E-state index in [0.29, 0.717) is 16.7 Å². The summed E-state index contributed by atoms with van der Waals surface area (Å²) >= 11 is 7.17. The first-order chi connectivity index (χ1) is 15.5. The minimum Gasteiger partial charge on any atom is -0.431 e. The van der Waals surface area contributed by atoms with Gasteiger partial charge in [-0.25, -0.2) is 4.98 Å². The summed E-state index contributed by atoms with van der Waals surface area (Å²) in [5.41, 5.74) is 2.47. The average Bonchev–Trinajstić information content (AvgIpc) is 3.24. The van der Waals surface area contributed by atoms with Crippen molar-refractivity contribution in [2.75, 3.05) is 11.1 Å². The molecule has 1 N–H and O–H groups in total.